The lowest BCUT2D eigenvalue weighted by molar-refractivity contribution is -0.136. The quantitative estimate of drug-likeness (QED) is 0.599. The van der Waals surface area contributed by atoms with Crippen molar-refractivity contribution in [2.24, 2.45) is 0 Å². The molecular formula is C20H15F3O4. The van der Waals surface area contributed by atoms with Crippen LogP contribution in [0.4, 0.5) is 13.2 Å². The molecule has 0 spiro atoms. The third-order valence-electron chi connectivity index (χ3n) is 4.56. The first kappa shape index (κ1) is 17.6. The first-order valence-corrected chi connectivity index (χ1v) is 8.40. The highest BCUT2D eigenvalue weighted by molar-refractivity contribution is 5.96. The molecule has 1 aromatic heterocycles. The number of fused-ring (bicyclic) bond motifs is 2. The first-order valence-electron chi connectivity index (χ1n) is 8.40. The molecule has 1 aliphatic heterocycles. The standard InChI is InChI=1S/C20H15F3O4/c1-2-11-6-7-16-17(14(11)8-12-9-25-10-26-12)18(24)13-4-3-5-15(19(13)27-16)20(21,22)23/h3-8H,2,9-10H2,1H3/b12-8+. The van der Waals surface area contributed by atoms with E-state index in [-0.39, 0.29) is 29.8 Å². The molecule has 0 bridgehead atoms. The summed E-state index contributed by atoms with van der Waals surface area (Å²) in [4.78, 5) is 13.1. The van der Waals surface area contributed by atoms with Crippen molar-refractivity contribution in [1.82, 2.24) is 0 Å². The average Bonchev–Trinajstić information content (AvgIpc) is 3.14. The molecule has 0 saturated carbocycles. The smallest absolute Gasteiger partial charge is 0.420 e. The van der Waals surface area contributed by atoms with Crippen LogP contribution in [0, 0.1) is 0 Å². The number of para-hydroxylation sites is 1. The fraction of sp³-hybridized carbons (Fsp3) is 0.250. The zero-order chi connectivity index (χ0) is 19.2. The molecular weight excluding hydrogens is 361 g/mol. The maximum absolute atomic E-state index is 13.3. The van der Waals surface area contributed by atoms with Crippen molar-refractivity contribution in [3.8, 4) is 0 Å². The van der Waals surface area contributed by atoms with Crippen molar-refractivity contribution in [3.05, 3.63) is 63.0 Å². The molecule has 1 aliphatic rings. The average molecular weight is 376 g/mol. The lowest BCUT2D eigenvalue weighted by Crippen LogP contribution is -2.11. The molecule has 0 unspecified atom stereocenters. The van der Waals surface area contributed by atoms with Crippen LogP contribution >= 0.6 is 0 Å². The summed E-state index contributed by atoms with van der Waals surface area (Å²) in [5, 5.41) is 0.137. The van der Waals surface area contributed by atoms with Gasteiger partial charge >= 0.3 is 6.18 Å². The molecule has 140 valence electrons. The predicted octanol–water partition coefficient (Wildman–Crippen LogP) is 4.87. The molecule has 7 heteroatoms. The van der Waals surface area contributed by atoms with E-state index in [4.69, 9.17) is 13.9 Å². The normalized spacial score (nSPS) is 16.4. The van der Waals surface area contributed by atoms with E-state index in [9.17, 15) is 18.0 Å². The summed E-state index contributed by atoms with van der Waals surface area (Å²) in [6.07, 6.45) is -2.28. The summed E-state index contributed by atoms with van der Waals surface area (Å²) < 4.78 is 56.0. The van der Waals surface area contributed by atoms with E-state index in [0.29, 0.717) is 17.7 Å². The molecule has 0 radical (unpaired) electrons. The zero-order valence-corrected chi connectivity index (χ0v) is 14.4. The van der Waals surface area contributed by atoms with Gasteiger partial charge in [-0.05, 0) is 41.8 Å². The molecule has 0 atom stereocenters. The lowest BCUT2D eigenvalue weighted by atomic mass is 9.97. The van der Waals surface area contributed by atoms with Crippen LogP contribution in [-0.4, -0.2) is 13.4 Å². The summed E-state index contributed by atoms with van der Waals surface area (Å²) >= 11 is 0. The Labute approximate surface area is 151 Å². The molecule has 1 saturated heterocycles. The van der Waals surface area contributed by atoms with Gasteiger partial charge in [0.1, 0.15) is 17.9 Å². The third kappa shape index (κ3) is 2.98. The second-order valence-electron chi connectivity index (χ2n) is 6.20. The van der Waals surface area contributed by atoms with Crippen LogP contribution in [0.5, 0.6) is 0 Å². The van der Waals surface area contributed by atoms with Crippen LogP contribution in [0.2, 0.25) is 0 Å². The van der Waals surface area contributed by atoms with Crippen molar-refractivity contribution in [2.45, 2.75) is 19.5 Å². The second kappa shape index (κ2) is 6.42. The number of aryl methyl sites for hydroxylation is 1. The van der Waals surface area contributed by atoms with E-state index in [1.54, 1.807) is 12.1 Å². The molecule has 4 nitrogen and oxygen atoms in total. The Morgan fingerprint density at radius 3 is 2.67 bits per heavy atom. The molecule has 0 aliphatic carbocycles. The largest absolute Gasteiger partial charge is 0.469 e. The first-order chi connectivity index (χ1) is 12.9. The van der Waals surface area contributed by atoms with Crippen LogP contribution in [0.1, 0.15) is 23.6 Å². The van der Waals surface area contributed by atoms with Gasteiger partial charge in [-0.2, -0.15) is 13.2 Å². The fourth-order valence-electron chi connectivity index (χ4n) is 3.27. The van der Waals surface area contributed by atoms with E-state index >= 15 is 0 Å². The number of ether oxygens (including phenoxy) is 2. The number of halogens is 3. The van der Waals surface area contributed by atoms with E-state index in [0.717, 1.165) is 11.6 Å². The minimum atomic E-state index is -4.62. The Morgan fingerprint density at radius 1 is 1.19 bits per heavy atom. The lowest BCUT2D eigenvalue weighted by Gasteiger charge is -2.12. The zero-order valence-electron chi connectivity index (χ0n) is 14.4. The minimum Gasteiger partial charge on any atom is -0.469 e. The van der Waals surface area contributed by atoms with Gasteiger partial charge in [-0.25, -0.2) is 0 Å². The fourth-order valence-corrected chi connectivity index (χ4v) is 3.27. The summed E-state index contributed by atoms with van der Waals surface area (Å²) in [5.41, 5.74) is -0.366. The van der Waals surface area contributed by atoms with Gasteiger partial charge in [0.15, 0.2) is 12.4 Å². The Hall–Kier alpha value is -2.80. The summed E-state index contributed by atoms with van der Waals surface area (Å²) in [7, 11) is 0. The SMILES string of the molecule is CCc1ccc2oc3c(C(F)(F)F)cccc3c(=O)c2c1/C=C1\COCO1. The molecule has 2 aromatic carbocycles. The van der Waals surface area contributed by atoms with E-state index < -0.39 is 22.8 Å². The Balaban J connectivity index is 2.11. The maximum Gasteiger partial charge on any atom is 0.420 e. The van der Waals surface area contributed by atoms with Gasteiger partial charge in [-0.15, -0.1) is 0 Å². The van der Waals surface area contributed by atoms with Crippen molar-refractivity contribution in [3.63, 3.8) is 0 Å². The van der Waals surface area contributed by atoms with E-state index in [2.05, 4.69) is 0 Å². The highest BCUT2D eigenvalue weighted by Gasteiger charge is 2.34. The van der Waals surface area contributed by atoms with Crippen molar-refractivity contribution < 1.29 is 27.1 Å². The number of alkyl halides is 3. The molecule has 0 amide bonds. The topological polar surface area (TPSA) is 48.7 Å². The van der Waals surface area contributed by atoms with Gasteiger partial charge in [0.2, 0.25) is 5.43 Å². The van der Waals surface area contributed by atoms with Crippen LogP contribution < -0.4 is 5.43 Å². The highest BCUT2D eigenvalue weighted by Crippen LogP contribution is 2.36. The maximum atomic E-state index is 13.3. The van der Waals surface area contributed by atoms with Crippen molar-refractivity contribution in [2.75, 3.05) is 13.4 Å². The van der Waals surface area contributed by atoms with Gasteiger partial charge in [0.25, 0.3) is 0 Å². The van der Waals surface area contributed by atoms with Gasteiger partial charge in [0.05, 0.1) is 16.3 Å². The van der Waals surface area contributed by atoms with Gasteiger partial charge in [0, 0.05) is 0 Å². The van der Waals surface area contributed by atoms with Gasteiger partial charge < -0.3 is 13.9 Å². The van der Waals surface area contributed by atoms with Crippen LogP contribution in [0.3, 0.4) is 0 Å². The minimum absolute atomic E-state index is 0.103. The van der Waals surface area contributed by atoms with E-state index in [1.807, 2.05) is 6.92 Å². The highest BCUT2D eigenvalue weighted by atomic mass is 19.4. The van der Waals surface area contributed by atoms with Gasteiger partial charge in [-0.1, -0.05) is 19.1 Å². The number of hydrogen-bond donors (Lipinski definition) is 0. The Morgan fingerprint density at radius 2 is 2.00 bits per heavy atom. The number of hydrogen-bond acceptors (Lipinski definition) is 4. The summed E-state index contributed by atoms with van der Waals surface area (Å²) in [6.45, 7) is 2.33. The second-order valence-corrected chi connectivity index (χ2v) is 6.20. The van der Waals surface area contributed by atoms with Gasteiger partial charge in [-0.3, -0.25) is 4.79 Å². The summed E-state index contributed by atoms with van der Waals surface area (Å²) in [5.74, 6) is 0.556. The predicted molar refractivity (Wildman–Crippen MR) is 94.3 cm³/mol. The molecule has 1 fully saturated rings. The monoisotopic (exact) mass is 376 g/mol. The van der Waals surface area contributed by atoms with E-state index in [1.165, 1.54) is 18.2 Å². The number of benzene rings is 2. The Kier molecular flexibility index (Phi) is 4.19. The molecule has 27 heavy (non-hydrogen) atoms. The third-order valence-corrected chi connectivity index (χ3v) is 4.56. The van der Waals surface area contributed by atoms with Crippen molar-refractivity contribution >= 4 is 28.0 Å². The molecule has 0 N–H and O–H groups in total. The van der Waals surface area contributed by atoms with Crippen molar-refractivity contribution in [1.29, 1.82) is 0 Å². The Bertz CT molecular complexity index is 1120. The van der Waals surface area contributed by atoms with Crippen LogP contribution in [0.25, 0.3) is 28.0 Å². The molecule has 2 heterocycles. The summed E-state index contributed by atoms with van der Waals surface area (Å²) in [6, 6.07) is 6.75. The molecule has 4 rings (SSSR count). The van der Waals surface area contributed by atoms with Crippen LogP contribution in [0.15, 0.2) is 45.3 Å². The number of rotatable bonds is 2. The van der Waals surface area contributed by atoms with Crippen LogP contribution in [-0.2, 0) is 22.1 Å². The molecule has 3 aromatic rings.